The SMILES string of the molecule is O=C(c1ccc(Br)s1)N1CC=C(C(F)(F)F)CC1. The highest BCUT2D eigenvalue weighted by atomic mass is 79.9. The Morgan fingerprint density at radius 2 is 2.11 bits per heavy atom. The first kappa shape index (κ1) is 13.6. The highest BCUT2D eigenvalue weighted by Crippen LogP contribution is 2.31. The molecule has 1 aromatic rings. The second-order valence-corrected chi connectivity index (χ2v) is 6.30. The molecule has 1 aromatic heterocycles. The number of carbonyl (C=O) groups is 1. The van der Waals surface area contributed by atoms with Crippen molar-refractivity contribution >= 4 is 33.2 Å². The lowest BCUT2D eigenvalue weighted by molar-refractivity contribution is -0.0957. The molecule has 1 amide bonds. The maximum absolute atomic E-state index is 12.4. The Bertz CT molecular complexity index is 495. The molecule has 18 heavy (non-hydrogen) atoms. The van der Waals surface area contributed by atoms with E-state index in [1.807, 2.05) is 0 Å². The summed E-state index contributed by atoms with van der Waals surface area (Å²) in [6.45, 7) is 0.128. The minimum atomic E-state index is -4.28. The van der Waals surface area contributed by atoms with Gasteiger partial charge in [-0.05, 0) is 34.5 Å². The molecule has 0 spiro atoms. The van der Waals surface area contributed by atoms with E-state index >= 15 is 0 Å². The predicted octanol–water partition coefficient (Wildman–Crippen LogP) is 3.85. The van der Waals surface area contributed by atoms with Gasteiger partial charge in [0.05, 0.1) is 8.66 Å². The lowest BCUT2D eigenvalue weighted by Crippen LogP contribution is -2.36. The van der Waals surface area contributed by atoms with Crippen LogP contribution < -0.4 is 0 Å². The summed E-state index contributed by atoms with van der Waals surface area (Å²) >= 11 is 4.53. The standard InChI is InChI=1S/C11H9BrF3NOS/c12-9-2-1-8(18-9)10(17)16-5-3-7(4-6-16)11(13,14)15/h1-3H,4-6H2. The molecule has 1 aliphatic rings. The van der Waals surface area contributed by atoms with Gasteiger partial charge in [-0.1, -0.05) is 6.08 Å². The Kier molecular flexibility index (Phi) is 3.82. The van der Waals surface area contributed by atoms with Crippen molar-refractivity contribution in [2.24, 2.45) is 0 Å². The predicted molar refractivity (Wildman–Crippen MR) is 66.7 cm³/mol. The number of hydrogen-bond acceptors (Lipinski definition) is 2. The third-order valence-electron chi connectivity index (χ3n) is 2.64. The summed E-state index contributed by atoms with van der Waals surface area (Å²) in [7, 11) is 0. The molecule has 7 heteroatoms. The maximum atomic E-state index is 12.4. The summed E-state index contributed by atoms with van der Waals surface area (Å²) < 4.78 is 38.1. The Morgan fingerprint density at radius 3 is 2.56 bits per heavy atom. The smallest absolute Gasteiger partial charge is 0.334 e. The van der Waals surface area contributed by atoms with Crippen LogP contribution >= 0.6 is 27.3 Å². The summed E-state index contributed by atoms with van der Waals surface area (Å²) in [6.07, 6.45) is -3.33. The highest BCUT2D eigenvalue weighted by molar-refractivity contribution is 9.11. The number of thiophene rings is 1. The topological polar surface area (TPSA) is 20.3 Å². The Labute approximate surface area is 114 Å². The lowest BCUT2D eigenvalue weighted by atomic mass is 10.1. The zero-order valence-electron chi connectivity index (χ0n) is 9.13. The Balaban J connectivity index is 2.06. The van der Waals surface area contributed by atoms with E-state index in [0.717, 1.165) is 9.86 Å². The zero-order valence-corrected chi connectivity index (χ0v) is 11.5. The minimum Gasteiger partial charge on any atom is -0.334 e. The van der Waals surface area contributed by atoms with Gasteiger partial charge in [0.2, 0.25) is 0 Å². The van der Waals surface area contributed by atoms with Gasteiger partial charge in [0.1, 0.15) is 0 Å². The van der Waals surface area contributed by atoms with E-state index in [-0.39, 0.29) is 25.4 Å². The molecule has 0 N–H and O–H groups in total. The fraction of sp³-hybridized carbons (Fsp3) is 0.364. The molecule has 0 unspecified atom stereocenters. The average molecular weight is 340 g/mol. The third kappa shape index (κ3) is 2.95. The van der Waals surface area contributed by atoms with Crippen LogP contribution in [0.4, 0.5) is 13.2 Å². The van der Waals surface area contributed by atoms with Crippen LogP contribution in [0.25, 0.3) is 0 Å². The van der Waals surface area contributed by atoms with Crippen molar-refractivity contribution in [1.82, 2.24) is 4.90 Å². The summed E-state index contributed by atoms with van der Waals surface area (Å²) in [5.41, 5.74) is -0.543. The van der Waals surface area contributed by atoms with E-state index in [1.165, 1.54) is 16.2 Å². The Hall–Kier alpha value is -0.820. The van der Waals surface area contributed by atoms with E-state index in [4.69, 9.17) is 0 Å². The van der Waals surface area contributed by atoms with Crippen LogP contribution in [-0.4, -0.2) is 30.1 Å². The highest BCUT2D eigenvalue weighted by Gasteiger charge is 2.35. The second-order valence-electron chi connectivity index (χ2n) is 3.83. The molecule has 0 aliphatic carbocycles. The monoisotopic (exact) mass is 339 g/mol. The number of carbonyl (C=O) groups excluding carboxylic acids is 1. The first-order valence-electron chi connectivity index (χ1n) is 5.19. The van der Waals surface area contributed by atoms with Gasteiger partial charge in [0.25, 0.3) is 5.91 Å². The van der Waals surface area contributed by atoms with Crippen LogP contribution in [0.15, 0.2) is 27.6 Å². The normalized spacial score (nSPS) is 16.7. The molecule has 0 bridgehead atoms. The van der Waals surface area contributed by atoms with Crippen LogP contribution in [0, 0.1) is 0 Å². The summed E-state index contributed by atoms with van der Waals surface area (Å²) in [6, 6.07) is 3.42. The molecule has 2 rings (SSSR count). The van der Waals surface area contributed by atoms with Gasteiger partial charge in [-0.15, -0.1) is 11.3 Å². The largest absolute Gasteiger partial charge is 0.412 e. The summed E-state index contributed by atoms with van der Waals surface area (Å²) in [5.74, 6) is -0.219. The molecule has 0 radical (unpaired) electrons. The molecule has 0 atom stereocenters. The number of amides is 1. The van der Waals surface area contributed by atoms with Crippen LogP contribution in [0.1, 0.15) is 16.1 Å². The molecule has 0 fully saturated rings. The van der Waals surface area contributed by atoms with E-state index < -0.39 is 11.7 Å². The van der Waals surface area contributed by atoms with Crippen LogP contribution in [0.5, 0.6) is 0 Å². The van der Waals surface area contributed by atoms with Crippen LogP contribution in [0.2, 0.25) is 0 Å². The van der Waals surface area contributed by atoms with E-state index in [1.54, 1.807) is 12.1 Å². The maximum Gasteiger partial charge on any atom is 0.412 e. The molecule has 0 saturated carbocycles. The van der Waals surface area contributed by atoms with Gasteiger partial charge in [-0.2, -0.15) is 13.2 Å². The van der Waals surface area contributed by atoms with Gasteiger partial charge in [-0.25, -0.2) is 0 Å². The lowest BCUT2D eigenvalue weighted by Gasteiger charge is -2.26. The molecule has 1 aliphatic heterocycles. The van der Waals surface area contributed by atoms with Crippen molar-refractivity contribution in [3.8, 4) is 0 Å². The summed E-state index contributed by atoms with van der Waals surface area (Å²) in [4.78, 5) is 13.9. The fourth-order valence-electron chi connectivity index (χ4n) is 1.70. The molecular weight excluding hydrogens is 331 g/mol. The zero-order chi connectivity index (χ0) is 13.3. The minimum absolute atomic E-state index is 0.0171. The fourth-order valence-corrected chi connectivity index (χ4v) is 3.05. The van der Waals surface area contributed by atoms with Crippen molar-refractivity contribution in [3.05, 3.63) is 32.4 Å². The summed E-state index contributed by atoms with van der Waals surface area (Å²) in [5, 5.41) is 0. The van der Waals surface area contributed by atoms with Crippen LogP contribution in [0.3, 0.4) is 0 Å². The third-order valence-corrected chi connectivity index (χ3v) is 4.26. The van der Waals surface area contributed by atoms with Gasteiger partial charge in [-0.3, -0.25) is 4.79 Å². The molecule has 2 heterocycles. The molecular formula is C11H9BrF3NOS. The van der Waals surface area contributed by atoms with Crippen molar-refractivity contribution in [1.29, 1.82) is 0 Å². The van der Waals surface area contributed by atoms with Crippen molar-refractivity contribution in [3.63, 3.8) is 0 Å². The van der Waals surface area contributed by atoms with Gasteiger partial charge in [0, 0.05) is 18.7 Å². The van der Waals surface area contributed by atoms with Crippen LogP contribution in [-0.2, 0) is 0 Å². The average Bonchev–Trinajstić information content (AvgIpc) is 2.74. The number of rotatable bonds is 1. The van der Waals surface area contributed by atoms with E-state index in [0.29, 0.717) is 4.88 Å². The van der Waals surface area contributed by atoms with Gasteiger partial charge < -0.3 is 4.90 Å². The molecule has 98 valence electrons. The van der Waals surface area contributed by atoms with Gasteiger partial charge >= 0.3 is 6.18 Å². The first-order valence-corrected chi connectivity index (χ1v) is 6.80. The quantitative estimate of drug-likeness (QED) is 0.712. The van der Waals surface area contributed by atoms with E-state index in [2.05, 4.69) is 15.9 Å². The molecule has 0 aromatic carbocycles. The van der Waals surface area contributed by atoms with E-state index in [9.17, 15) is 18.0 Å². The second kappa shape index (κ2) is 5.05. The number of alkyl halides is 3. The first-order chi connectivity index (χ1) is 8.38. The molecule has 2 nitrogen and oxygen atoms in total. The van der Waals surface area contributed by atoms with Crippen molar-refractivity contribution in [2.75, 3.05) is 13.1 Å². The van der Waals surface area contributed by atoms with Crippen molar-refractivity contribution in [2.45, 2.75) is 12.6 Å². The van der Waals surface area contributed by atoms with Gasteiger partial charge in [0.15, 0.2) is 0 Å². The number of halogens is 4. The number of nitrogens with zero attached hydrogens (tertiary/aromatic N) is 1. The molecule has 0 saturated heterocycles. The van der Waals surface area contributed by atoms with Crippen molar-refractivity contribution < 1.29 is 18.0 Å². The Morgan fingerprint density at radius 1 is 1.39 bits per heavy atom. The number of hydrogen-bond donors (Lipinski definition) is 0.